The van der Waals surface area contributed by atoms with Crippen LogP contribution in [-0.2, 0) is 4.79 Å². The van der Waals surface area contributed by atoms with Gasteiger partial charge in [-0.05, 0) is 37.5 Å². The number of likely N-dealkylation sites (tertiary alicyclic amines) is 1. The van der Waals surface area contributed by atoms with Crippen molar-refractivity contribution >= 4 is 21.8 Å². The zero-order valence-electron chi connectivity index (χ0n) is 11.8. The molecule has 0 N–H and O–H groups in total. The van der Waals surface area contributed by atoms with Gasteiger partial charge in [0.1, 0.15) is 18.7 Å². The fraction of sp³-hybridized carbons (Fsp3) is 0.400. The molecule has 1 saturated heterocycles. The minimum absolute atomic E-state index is 0.1000. The molecule has 1 aliphatic rings. The summed E-state index contributed by atoms with van der Waals surface area (Å²) < 4.78 is 2.65. The van der Waals surface area contributed by atoms with Crippen LogP contribution in [0.4, 0.5) is 0 Å². The van der Waals surface area contributed by atoms with Gasteiger partial charge in [0.25, 0.3) is 0 Å². The first-order valence-electron chi connectivity index (χ1n) is 7.07. The Labute approximate surface area is 132 Å². The molecule has 0 saturated carbocycles. The summed E-state index contributed by atoms with van der Waals surface area (Å²) >= 11 is 3.50. The number of amides is 1. The minimum Gasteiger partial charge on any atom is -0.334 e. The van der Waals surface area contributed by atoms with E-state index in [1.807, 2.05) is 24.0 Å². The highest BCUT2D eigenvalue weighted by atomic mass is 79.9. The maximum atomic E-state index is 12.7. The molecule has 1 aromatic carbocycles. The molecule has 5 nitrogen and oxygen atoms in total. The maximum absolute atomic E-state index is 12.7. The number of hydrogen-bond donors (Lipinski definition) is 0. The van der Waals surface area contributed by atoms with Crippen LogP contribution in [0.5, 0.6) is 0 Å². The Balaban J connectivity index is 1.82. The van der Waals surface area contributed by atoms with Crippen molar-refractivity contribution in [3.8, 4) is 0 Å². The molecule has 0 aliphatic carbocycles. The van der Waals surface area contributed by atoms with E-state index in [1.165, 1.54) is 11.9 Å². The first-order valence-corrected chi connectivity index (χ1v) is 7.86. The average molecular weight is 349 g/mol. The van der Waals surface area contributed by atoms with Gasteiger partial charge in [-0.2, -0.15) is 5.10 Å². The fourth-order valence-electron chi connectivity index (χ4n) is 2.86. The van der Waals surface area contributed by atoms with Gasteiger partial charge in [0.15, 0.2) is 0 Å². The Bertz CT molecular complexity index is 628. The molecule has 0 bridgehead atoms. The molecular weight excluding hydrogens is 332 g/mol. The molecule has 6 heteroatoms. The van der Waals surface area contributed by atoms with Gasteiger partial charge in [-0.1, -0.05) is 28.1 Å². The number of benzene rings is 1. The van der Waals surface area contributed by atoms with Crippen LogP contribution in [-0.4, -0.2) is 32.1 Å². The fourth-order valence-corrected chi connectivity index (χ4v) is 3.28. The van der Waals surface area contributed by atoms with Crippen molar-refractivity contribution in [2.75, 3.05) is 6.54 Å². The maximum Gasteiger partial charge on any atom is 0.247 e. The second kappa shape index (κ2) is 5.97. The predicted molar refractivity (Wildman–Crippen MR) is 82.6 cm³/mol. The number of rotatable bonds is 3. The Morgan fingerprint density at radius 2 is 2.33 bits per heavy atom. The number of nitrogens with zero attached hydrogens (tertiary/aromatic N) is 4. The SMILES string of the molecule is CC(C(=O)N1CCCC1c1cccc(Br)c1)n1cncn1. The largest absolute Gasteiger partial charge is 0.334 e. The summed E-state index contributed by atoms with van der Waals surface area (Å²) in [7, 11) is 0. The summed E-state index contributed by atoms with van der Waals surface area (Å²) in [5.74, 6) is 0.1000. The van der Waals surface area contributed by atoms with E-state index in [9.17, 15) is 4.79 Å². The van der Waals surface area contributed by atoms with Crippen molar-refractivity contribution in [2.24, 2.45) is 0 Å². The summed E-state index contributed by atoms with van der Waals surface area (Å²) in [4.78, 5) is 18.6. The van der Waals surface area contributed by atoms with E-state index in [0.717, 1.165) is 23.9 Å². The van der Waals surface area contributed by atoms with Crippen LogP contribution < -0.4 is 0 Å². The van der Waals surface area contributed by atoms with Crippen LogP contribution in [0.25, 0.3) is 0 Å². The van der Waals surface area contributed by atoms with Crippen LogP contribution in [0.15, 0.2) is 41.4 Å². The lowest BCUT2D eigenvalue weighted by Gasteiger charge is -2.28. The van der Waals surface area contributed by atoms with Crippen molar-refractivity contribution in [1.82, 2.24) is 19.7 Å². The normalized spacial score (nSPS) is 19.7. The Kier molecular flexibility index (Phi) is 4.05. The van der Waals surface area contributed by atoms with Gasteiger partial charge in [0.2, 0.25) is 5.91 Å². The molecule has 1 aromatic heterocycles. The summed E-state index contributed by atoms with van der Waals surface area (Å²) in [6.45, 7) is 2.67. The highest BCUT2D eigenvalue weighted by Crippen LogP contribution is 2.34. The third-order valence-electron chi connectivity index (χ3n) is 3.96. The lowest BCUT2D eigenvalue weighted by molar-refractivity contribution is -0.135. The third-order valence-corrected chi connectivity index (χ3v) is 4.45. The summed E-state index contributed by atoms with van der Waals surface area (Å²) in [5, 5.41) is 4.07. The summed E-state index contributed by atoms with van der Waals surface area (Å²) in [6, 6.07) is 8.03. The molecule has 110 valence electrons. The van der Waals surface area contributed by atoms with Crippen molar-refractivity contribution in [3.05, 3.63) is 47.0 Å². The molecule has 0 radical (unpaired) electrons. The first-order chi connectivity index (χ1) is 10.2. The van der Waals surface area contributed by atoms with E-state index in [0.29, 0.717) is 0 Å². The topological polar surface area (TPSA) is 51.0 Å². The van der Waals surface area contributed by atoms with E-state index in [1.54, 1.807) is 11.0 Å². The minimum atomic E-state index is -0.319. The lowest BCUT2D eigenvalue weighted by atomic mass is 10.0. The number of carbonyl (C=O) groups is 1. The van der Waals surface area contributed by atoms with Crippen molar-refractivity contribution < 1.29 is 4.79 Å². The van der Waals surface area contributed by atoms with E-state index >= 15 is 0 Å². The van der Waals surface area contributed by atoms with Crippen molar-refractivity contribution in [3.63, 3.8) is 0 Å². The molecule has 21 heavy (non-hydrogen) atoms. The molecule has 3 rings (SSSR count). The van der Waals surface area contributed by atoms with Crippen LogP contribution in [0.1, 0.15) is 37.4 Å². The average Bonchev–Trinajstić information content (AvgIpc) is 3.16. The monoisotopic (exact) mass is 348 g/mol. The third kappa shape index (κ3) is 2.85. The first kappa shape index (κ1) is 14.3. The van der Waals surface area contributed by atoms with Gasteiger partial charge in [-0.25, -0.2) is 9.67 Å². The second-order valence-electron chi connectivity index (χ2n) is 5.30. The zero-order chi connectivity index (χ0) is 14.8. The van der Waals surface area contributed by atoms with Crippen LogP contribution in [0, 0.1) is 0 Å². The molecule has 2 atom stereocenters. The van der Waals surface area contributed by atoms with Gasteiger partial charge < -0.3 is 4.90 Å². The smallest absolute Gasteiger partial charge is 0.247 e. The molecule has 0 spiro atoms. The van der Waals surface area contributed by atoms with E-state index in [2.05, 4.69) is 38.1 Å². The Morgan fingerprint density at radius 1 is 1.48 bits per heavy atom. The molecule has 1 amide bonds. The van der Waals surface area contributed by atoms with Crippen molar-refractivity contribution in [1.29, 1.82) is 0 Å². The van der Waals surface area contributed by atoms with Crippen LogP contribution in [0.2, 0.25) is 0 Å². The molecule has 2 unspecified atom stereocenters. The van der Waals surface area contributed by atoms with E-state index in [4.69, 9.17) is 0 Å². The highest BCUT2D eigenvalue weighted by molar-refractivity contribution is 9.10. The highest BCUT2D eigenvalue weighted by Gasteiger charge is 2.33. The van der Waals surface area contributed by atoms with Gasteiger partial charge in [-0.15, -0.1) is 0 Å². The quantitative estimate of drug-likeness (QED) is 0.856. The van der Waals surface area contributed by atoms with E-state index in [-0.39, 0.29) is 18.0 Å². The van der Waals surface area contributed by atoms with E-state index < -0.39 is 0 Å². The number of halogens is 1. The standard InChI is InChI=1S/C15H17BrN4O/c1-11(20-10-17-9-18-20)15(21)19-7-3-6-14(19)12-4-2-5-13(16)8-12/h2,4-5,8-11,14H,3,6-7H2,1H3. The Hall–Kier alpha value is -1.69. The van der Waals surface area contributed by atoms with Crippen LogP contribution >= 0.6 is 15.9 Å². The molecule has 2 heterocycles. The van der Waals surface area contributed by atoms with Crippen LogP contribution in [0.3, 0.4) is 0 Å². The van der Waals surface area contributed by atoms with Gasteiger partial charge in [-0.3, -0.25) is 4.79 Å². The predicted octanol–water partition coefficient (Wildman–Crippen LogP) is 2.97. The second-order valence-corrected chi connectivity index (χ2v) is 6.21. The lowest BCUT2D eigenvalue weighted by Crippen LogP contribution is -2.36. The van der Waals surface area contributed by atoms with Crippen molar-refractivity contribution in [2.45, 2.75) is 31.8 Å². The molecular formula is C15H17BrN4O. The molecule has 1 aliphatic heterocycles. The number of hydrogen-bond acceptors (Lipinski definition) is 3. The van der Waals surface area contributed by atoms with Gasteiger partial charge >= 0.3 is 0 Å². The number of carbonyl (C=O) groups excluding carboxylic acids is 1. The summed E-state index contributed by atoms with van der Waals surface area (Å²) in [6.07, 6.45) is 5.09. The van der Waals surface area contributed by atoms with Gasteiger partial charge in [0, 0.05) is 11.0 Å². The molecule has 1 fully saturated rings. The zero-order valence-corrected chi connectivity index (χ0v) is 13.4. The summed E-state index contributed by atoms with van der Waals surface area (Å²) in [5.41, 5.74) is 1.18. The molecule has 2 aromatic rings. The Morgan fingerprint density at radius 3 is 3.05 bits per heavy atom. The number of aromatic nitrogens is 3. The van der Waals surface area contributed by atoms with Gasteiger partial charge in [0.05, 0.1) is 6.04 Å².